The molecule has 0 aliphatic carbocycles. The van der Waals surface area contributed by atoms with Gasteiger partial charge < -0.3 is 14.7 Å². The van der Waals surface area contributed by atoms with Gasteiger partial charge in [0.25, 0.3) is 0 Å². The fraction of sp³-hybridized carbons (Fsp3) is 0.167. The van der Waals surface area contributed by atoms with Gasteiger partial charge in [-0.3, -0.25) is 4.98 Å². The van der Waals surface area contributed by atoms with Crippen molar-refractivity contribution < 1.29 is 4.42 Å². The van der Waals surface area contributed by atoms with E-state index in [0.29, 0.717) is 22.2 Å². The van der Waals surface area contributed by atoms with E-state index in [2.05, 4.69) is 25.9 Å². The molecule has 7 heteroatoms. The number of fused-ring (bicyclic) bond motifs is 1. The number of nitrogens with two attached hydrogens (primary N) is 1. The van der Waals surface area contributed by atoms with E-state index < -0.39 is 5.76 Å². The van der Waals surface area contributed by atoms with Crippen LogP contribution in [0.2, 0.25) is 0 Å². The Balaban J connectivity index is 2.23. The van der Waals surface area contributed by atoms with Crippen LogP contribution >= 0.6 is 15.9 Å². The van der Waals surface area contributed by atoms with E-state index in [9.17, 15) is 4.79 Å². The van der Waals surface area contributed by atoms with Crippen LogP contribution < -0.4 is 11.5 Å². The minimum Gasteiger partial charge on any atom is -0.408 e. The molecule has 0 amide bonds. The molecule has 3 aromatic rings. The summed E-state index contributed by atoms with van der Waals surface area (Å²) in [4.78, 5) is 18.1. The lowest BCUT2D eigenvalue weighted by atomic mass is 10.1. The minimum absolute atomic E-state index is 0.358. The Morgan fingerprint density at radius 1 is 1.53 bits per heavy atom. The molecule has 6 nitrogen and oxygen atoms in total. The number of oxazole rings is 1. The van der Waals surface area contributed by atoms with Crippen LogP contribution in [0.4, 0.5) is 0 Å². The molecule has 0 atom stereocenters. The lowest BCUT2D eigenvalue weighted by molar-refractivity contribution is 0.555. The van der Waals surface area contributed by atoms with Crippen molar-refractivity contribution in [1.29, 1.82) is 0 Å². The average molecular weight is 323 g/mol. The average Bonchev–Trinajstić information content (AvgIpc) is 2.87. The Hall–Kier alpha value is -1.86. The Morgan fingerprint density at radius 2 is 2.32 bits per heavy atom. The predicted molar refractivity (Wildman–Crippen MR) is 74.6 cm³/mol. The molecule has 0 unspecified atom stereocenters. The van der Waals surface area contributed by atoms with Crippen molar-refractivity contribution in [2.45, 2.75) is 6.54 Å². The number of halogens is 1. The lowest BCUT2D eigenvalue weighted by Crippen LogP contribution is -2.05. The molecule has 0 radical (unpaired) electrons. The van der Waals surface area contributed by atoms with Gasteiger partial charge in [0, 0.05) is 12.6 Å². The largest absolute Gasteiger partial charge is 0.417 e. The van der Waals surface area contributed by atoms with E-state index in [1.807, 2.05) is 17.7 Å². The number of aromatic amines is 1. The van der Waals surface area contributed by atoms with Gasteiger partial charge in [-0.05, 0) is 28.1 Å². The number of imidazole rings is 1. The van der Waals surface area contributed by atoms with Crippen molar-refractivity contribution in [3.63, 3.8) is 0 Å². The van der Waals surface area contributed by atoms with Crippen molar-refractivity contribution in [2.75, 3.05) is 0 Å². The van der Waals surface area contributed by atoms with E-state index in [1.54, 1.807) is 12.1 Å². The normalized spacial score (nSPS) is 11.3. The molecule has 1 aromatic carbocycles. The Morgan fingerprint density at radius 3 is 3.00 bits per heavy atom. The van der Waals surface area contributed by atoms with Gasteiger partial charge in [-0.15, -0.1) is 0 Å². The summed E-state index contributed by atoms with van der Waals surface area (Å²) in [5.74, 6) is 0.316. The fourth-order valence-electron chi connectivity index (χ4n) is 2.10. The zero-order chi connectivity index (χ0) is 13.6. The first-order valence-corrected chi connectivity index (χ1v) is 6.44. The van der Waals surface area contributed by atoms with Gasteiger partial charge >= 0.3 is 5.76 Å². The van der Waals surface area contributed by atoms with Crippen LogP contribution in [0.25, 0.3) is 22.4 Å². The van der Waals surface area contributed by atoms with Crippen LogP contribution in [-0.4, -0.2) is 14.5 Å². The summed E-state index contributed by atoms with van der Waals surface area (Å²) in [6.45, 7) is 0.358. The van der Waals surface area contributed by atoms with Crippen molar-refractivity contribution >= 4 is 27.0 Å². The molecule has 0 fully saturated rings. The predicted octanol–water partition coefficient (Wildman–Crippen LogP) is 1.74. The number of nitrogens with zero attached hydrogens (tertiary/aromatic N) is 2. The Kier molecular flexibility index (Phi) is 2.79. The number of aromatic nitrogens is 3. The van der Waals surface area contributed by atoms with Crippen LogP contribution in [0.5, 0.6) is 0 Å². The number of rotatable bonds is 2. The molecule has 0 saturated heterocycles. The maximum Gasteiger partial charge on any atom is 0.417 e. The quantitative estimate of drug-likeness (QED) is 0.752. The topological polar surface area (TPSA) is 89.8 Å². The highest BCUT2D eigenvalue weighted by atomic mass is 79.9. The number of hydrogen-bond acceptors (Lipinski definition) is 4. The molecule has 0 bridgehead atoms. The summed E-state index contributed by atoms with van der Waals surface area (Å²) >= 11 is 3.43. The molecule has 3 rings (SSSR count). The van der Waals surface area contributed by atoms with Crippen LogP contribution in [0, 0.1) is 0 Å². The summed E-state index contributed by atoms with van der Waals surface area (Å²) in [5.41, 5.74) is 8.62. The minimum atomic E-state index is -0.459. The third kappa shape index (κ3) is 1.91. The molecule has 2 aromatic heterocycles. The fourth-order valence-corrected chi connectivity index (χ4v) is 2.80. The Labute approximate surface area is 116 Å². The zero-order valence-corrected chi connectivity index (χ0v) is 11.7. The smallest absolute Gasteiger partial charge is 0.408 e. The molecule has 3 N–H and O–H groups in total. The highest BCUT2D eigenvalue weighted by Crippen LogP contribution is 2.30. The third-order valence-electron chi connectivity index (χ3n) is 3.02. The van der Waals surface area contributed by atoms with Crippen LogP contribution in [-0.2, 0) is 13.6 Å². The zero-order valence-electron chi connectivity index (χ0n) is 10.1. The van der Waals surface area contributed by atoms with Crippen molar-refractivity contribution in [2.24, 2.45) is 12.8 Å². The van der Waals surface area contributed by atoms with Crippen molar-refractivity contribution in [3.05, 3.63) is 39.2 Å². The molecule has 0 aliphatic rings. The molecular weight excluding hydrogens is 312 g/mol. The summed E-state index contributed by atoms with van der Waals surface area (Å²) in [6.07, 6.45) is 0. The van der Waals surface area contributed by atoms with Gasteiger partial charge in [0.1, 0.15) is 10.4 Å². The maximum atomic E-state index is 11.2. The Bertz CT molecular complexity index is 815. The number of benzene rings is 1. The van der Waals surface area contributed by atoms with E-state index >= 15 is 0 Å². The molecular formula is C12H11BrN4O2. The van der Waals surface area contributed by atoms with Crippen LogP contribution in [0.3, 0.4) is 0 Å². The van der Waals surface area contributed by atoms with Crippen LogP contribution in [0.15, 0.2) is 32.0 Å². The summed E-state index contributed by atoms with van der Waals surface area (Å²) in [5, 5.41) is 0. The second-order valence-corrected chi connectivity index (χ2v) is 4.91. The van der Waals surface area contributed by atoms with E-state index in [-0.39, 0.29) is 0 Å². The number of nitrogens with one attached hydrogen (secondary N) is 1. The molecule has 98 valence electrons. The van der Waals surface area contributed by atoms with Crippen LogP contribution in [0.1, 0.15) is 5.82 Å². The SMILES string of the molecule is Cn1c(CN)nc(Br)c1-c1ccc2[nH]c(=O)oc2c1. The first-order chi connectivity index (χ1) is 9.10. The van der Waals surface area contributed by atoms with E-state index in [4.69, 9.17) is 10.2 Å². The highest BCUT2D eigenvalue weighted by Gasteiger charge is 2.14. The second kappa shape index (κ2) is 4.36. The molecule has 2 heterocycles. The van der Waals surface area contributed by atoms with Gasteiger partial charge in [0.05, 0.1) is 17.8 Å². The lowest BCUT2D eigenvalue weighted by Gasteiger charge is -2.05. The van der Waals surface area contributed by atoms with Gasteiger partial charge in [0.2, 0.25) is 0 Å². The summed E-state index contributed by atoms with van der Waals surface area (Å²) < 4.78 is 7.69. The standard InChI is InChI=1S/C12H11BrN4O2/c1-17-9(5-14)16-11(13)10(17)6-2-3-7-8(4-6)19-12(18)15-7/h2-4H,5,14H2,1H3,(H,15,18). The third-order valence-corrected chi connectivity index (χ3v) is 3.58. The second-order valence-electron chi connectivity index (χ2n) is 4.16. The monoisotopic (exact) mass is 322 g/mol. The number of H-pyrrole nitrogens is 1. The van der Waals surface area contributed by atoms with Crippen molar-refractivity contribution in [1.82, 2.24) is 14.5 Å². The number of hydrogen-bond donors (Lipinski definition) is 2. The highest BCUT2D eigenvalue weighted by molar-refractivity contribution is 9.10. The van der Waals surface area contributed by atoms with Gasteiger partial charge in [-0.1, -0.05) is 6.07 Å². The summed E-state index contributed by atoms with van der Waals surface area (Å²) in [6, 6.07) is 5.50. The molecule has 0 spiro atoms. The first-order valence-electron chi connectivity index (χ1n) is 5.64. The van der Waals surface area contributed by atoms with Crippen molar-refractivity contribution in [3.8, 4) is 11.3 Å². The molecule has 0 saturated carbocycles. The first kappa shape index (κ1) is 12.2. The van der Waals surface area contributed by atoms with E-state index in [1.165, 1.54) is 0 Å². The maximum absolute atomic E-state index is 11.2. The molecule has 0 aliphatic heterocycles. The van der Waals surface area contributed by atoms with Gasteiger partial charge in [0.15, 0.2) is 5.58 Å². The van der Waals surface area contributed by atoms with Gasteiger partial charge in [-0.2, -0.15) is 0 Å². The van der Waals surface area contributed by atoms with Gasteiger partial charge in [-0.25, -0.2) is 9.78 Å². The molecule has 19 heavy (non-hydrogen) atoms. The van der Waals surface area contributed by atoms with E-state index in [0.717, 1.165) is 17.1 Å². The summed E-state index contributed by atoms with van der Waals surface area (Å²) in [7, 11) is 1.90.